The number of nitrogens with two attached hydrogens (primary N) is 1. The van der Waals surface area contributed by atoms with E-state index in [-0.39, 0.29) is 22.3 Å². The molecule has 112 valence electrons. The summed E-state index contributed by atoms with van der Waals surface area (Å²) in [5, 5.41) is 0.160. The number of hydrogen-bond donors (Lipinski definition) is 1. The Hall–Kier alpha value is -1.24. The van der Waals surface area contributed by atoms with E-state index in [1.54, 1.807) is 18.2 Å². The molecular formula is C14H13BrClNO3S. The standard InChI is InChI=1S/C14H13BrClNO3S/c15-10-1-4-12(5-2-10)20-7-8-21(18,19)14-9-11(17)3-6-13(14)16/h1-6,9H,7-8,17H2. The van der Waals surface area contributed by atoms with Crippen molar-refractivity contribution in [2.45, 2.75) is 4.90 Å². The average molecular weight is 391 g/mol. The highest BCUT2D eigenvalue weighted by Gasteiger charge is 2.18. The molecule has 0 saturated heterocycles. The van der Waals surface area contributed by atoms with Crippen LogP contribution in [0.2, 0.25) is 5.02 Å². The molecule has 0 saturated carbocycles. The lowest BCUT2D eigenvalue weighted by Gasteiger charge is -2.09. The zero-order valence-corrected chi connectivity index (χ0v) is 14.1. The van der Waals surface area contributed by atoms with Gasteiger partial charge in [0.25, 0.3) is 0 Å². The number of nitrogen functional groups attached to an aromatic ring is 1. The van der Waals surface area contributed by atoms with Crippen molar-refractivity contribution >= 4 is 43.1 Å². The Balaban J connectivity index is 2.04. The van der Waals surface area contributed by atoms with Crippen LogP contribution in [0.25, 0.3) is 0 Å². The summed E-state index contributed by atoms with van der Waals surface area (Å²) in [6, 6.07) is 11.5. The van der Waals surface area contributed by atoms with E-state index in [1.807, 2.05) is 12.1 Å². The van der Waals surface area contributed by atoms with Gasteiger partial charge in [0.1, 0.15) is 12.4 Å². The molecule has 0 heterocycles. The van der Waals surface area contributed by atoms with Crippen LogP contribution in [0.5, 0.6) is 5.75 Å². The SMILES string of the molecule is Nc1ccc(Cl)c(S(=O)(=O)CCOc2ccc(Br)cc2)c1. The van der Waals surface area contributed by atoms with E-state index in [1.165, 1.54) is 12.1 Å². The first-order valence-electron chi connectivity index (χ1n) is 6.04. The van der Waals surface area contributed by atoms with E-state index < -0.39 is 9.84 Å². The molecule has 4 nitrogen and oxygen atoms in total. The first-order chi connectivity index (χ1) is 9.88. The van der Waals surface area contributed by atoms with Crippen molar-refractivity contribution < 1.29 is 13.2 Å². The van der Waals surface area contributed by atoms with Gasteiger partial charge >= 0.3 is 0 Å². The molecule has 2 N–H and O–H groups in total. The van der Waals surface area contributed by atoms with Crippen LogP contribution in [0.15, 0.2) is 51.8 Å². The zero-order chi connectivity index (χ0) is 15.5. The Morgan fingerprint density at radius 2 is 1.81 bits per heavy atom. The summed E-state index contributed by atoms with van der Waals surface area (Å²) in [5.74, 6) is 0.429. The first kappa shape index (κ1) is 16.1. The number of halogens is 2. The predicted molar refractivity (Wildman–Crippen MR) is 87.6 cm³/mol. The smallest absolute Gasteiger partial charge is 0.183 e. The Bertz CT molecular complexity index is 732. The molecule has 0 fully saturated rings. The summed E-state index contributed by atoms with van der Waals surface area (Å²) in [6.45, 7) is 0.0368. The largest absolute Gasteiger partial charge is 0.493 e. The van der Waals surface area contributed by atoms with Gasteiger partial charge in [0.05, 0.1) is 15.7 Å². The van der Waals surface area contributed by atoms with Gasteiger partial charge in [-0.25, -0.2) is 8.42 Å². The van der Waals surface area contributed by atoms with E-state index in [0.717, 1.165) is 4.47 Å². The molecule has 0 aliphatic heterocycles. The minimum Gasteiger partial charge on any atom is -0.493 e. The summed E-state index contributed by atoms with van der Waals surface area (Å²) in [4.78, 5) is 0.0311. The molecule has 7 heteroatoms. The predicted octanol–water partition coefficient (Wildman–Crippen LogP) is 3.54. The van der Waals surface area contributed by atoms with Gasteiger partial charge in [0.15, 0.2) is 9.84 Å². The fourth-order valence-corrected chi connectivity index (χ4v) is 3.61. The maximum Gasteiger partial charge on any atom is 0.183 e. The van der Waals surface area contributed by atoms with Crippen molar-refractivity contribution in [1.82, 2.24) is 0 Å². The van der Waals surface area contributed by atoms with Crippen molar-refractivity contribution in [2.75, 3.05) is 18.1 Å². The van der Waals surface area contributed by atoms with Crippen molar-refractivity contribution in [3.63, 3.8) is 0 Å². The van der Waals surface area contributed by atoms with Gasteiger partial charge in [-0.05, 0) is 42.5 Å². The summed E-state index contributed by atoms with van der Waals surface area (Å²) < 4.78 is 30.8. The molecule has 0 bridgehead atoms. The van der Waals surface area contributed by atoms with Gasteiger partial charge in [-0.15, -0.1) is 0 Å². The molecule has 0 spiro atoms. The Kier molecular flexibility index (Phi) is 5.13. The summed E-state index contributed by atoms with van der Waals surface area (Å²) in [7, 11) is -3.54. The maximum absolute atomic E-state index is 12.2. The number of hydrogen-bond acceptors (Lipinski definition) is 4. The number of ether oxygens (including phenoxy) is 1. The molecule has 0 atom stereocenters. The third-order valence-corrected chi connectivity index (χ3v) is 5.41. The van der Waals surface area contributed by atoms with Gasteiger partial charge in [-0.3, -0.25) is 0 Å². The van der Waals surface area contributed by atoms with Crippen molar-refractivity contribution in [3.8, 4) is 5.75 Å². The van der Waals surface area contributed by atoms with Crippen LogP contribution in [0.1, 0.15) is 0 Å². The van der Waals surface area contributed by atoms with E-state index >= 15 is 0 Å². The lowest BCUT2D eigenvalue weighted by molar-refractivity contribution is 0.341. The van der Waals surface area contributed by atoms with Gasteiger partial charge in [0.2, 0.25) is 0 Å². The van der Waals surface area contributed by atoms with Crippen LogP contribution in [0.4, 0.5) is 5.69 Å². The normalized spacial score (nSPS) is 11.3. The molecule has 0 aliphatic carbocycles. The Labute approximate surface area is 136 Å². The van der Waals surface area contributed by atoms with Crippen LogP contribution in [0.3, 0.4) is 0 Å². The molecule has 2 aromatic carbocycles. The second-order valence-corrected chi connectivity index (χ2v) is 7.71. The van der Waals surface area contributed by atoms with Crippen LogP contribution >= 0.6 is 27.5 Å². The Morgan fingerprint density at radius 3 is 2.48 bits per heavy atom. The maximum atomic E-state index is 12.2. The quantitative estimate of drug-likeness (QED) is 0.793. The second kappa shape index (κ2) is 6.68. The van der Waals surface area contributed by atoms with Crippen molar-refractivity contribution in [1.29, 1.82) is 0 Å². The molecule has 0 aliphatic rings. The number of sulfone groups is 1. The molecule has 2 aromatic rings. The van der Waals surface area contributed by atoms with Crippen molar-refractivity contribution in [2.24, 2.45) is 0 Å². The monoisotopic (exact) mass is 389 g/mol. The van der Waals surface area contributed by atoms with Gasteiger partial charge in [-0.1, -0.05) is 27.5 Å². The van der Waals surface area contributed by atoms with Gasteiger partial charge in [0, 0.05) is 10.2 Å². The molecule has 0 radical (unpaired) electrons. The van der Waals surface area contributed by atoms with Gasteiger partial charge in [-0.2, -0.15) is 0 Å². The van der Waals surface area contributed by atoms with E-state index in [2.05, 4.69) is 15.9 Å². The molecule has 0 amide bonds. The van der Waals surface area contributed by atoms with Crippen molar-refractivity contribution in [3.05, 3.63) is 52.0 Å². The molecule has 0 unspecified atom stereocenters. The van der Waals surface area contributed by atoms with E-state index in [0.29, 0.717) is 11.4 Å². The Morgan fingerprint density at radius 1 is 1.14 bits per heavy atom. The molecule has 0 aromatic heterocycles. The fraction of sp³-hybridized carbons (Fsp3) is 0.143. The lowest BCUT2D eigenvalue weighted by atomic mass is 10.3. The number of rotatable bonds is 5. The molecule has 21 heavy (non-hydrogen) atoms. The van der Waals surface area contributed by atoms with Gasteiger partial charge < -0.3 is 10.5 Å². The minimum atomic E-state index is -3.54. The summed E-state index contributed by atoms with van der Waals surface area (Å²) >= 11 is 9.23. The minimum absolute atomic E-state index is 0.0311. The van der Waals surface area contributed by atoms with Crippen LogP contribution in [-0.4, -0.2) is 20.8 Å². The van der Waals surface area contributed by atoms with Crippen LogP contribution < -0.4 is 10.5 Å². The highest BCUT2D eigenvalue weighted by Crippen LogP contribution is 2.25. The second-order valence-electron chi connectivity index (χ2n) is 4.31. The topological polar surface area (TPSA) is 69.4 Å². The first-order valence-corrected chi connectivity index (χ1v) is 8.87. The summed E-state index contributed by atoms with van der Waals surface area (Å²) in [5.41, 5.74) is 5.95. The third kappa shape index (κ3) is 4.36. The molecule has 2 rings (SSSR count). The highest BCUT2D eigenvalue weighted by atomic mass is 79.9. The fourth-order valence-electron chi connectivity index (χ4n) is 1.67. The number of anilines is 1. The van der Waals surface area contributed by atoms with E-state index in [4.69, 9.17) is 22.1 Å². The highest BCUT2D eigenvalue weighted by molar-refractivity contribution is 9.10. The lowest BCUT2D eigenvalue weighted by Crippen LogP contribution is -2.15. The van der Waals surface area contributed by atoms with E-state index in [9.17, 15) is 8.42 Å². The molecular weight excluding hydrogens is 378 g/mol. The zero-order valence-electron chi connectivity index (χ0n) is 10.9. The number of benzene rings is 2. The van der Waals surface area contributed by atoms with Crippen LogP contribution in [0, 0.1) is 0 Å². The summed E-state index contributed by atoms with van der Waals surface area (Å²) in [6.07, 6.45) is 0. The average Bonchev–Trinajstić information content (AvgIpc) is 2.43. The van der Waals surface area contributed by atoms with Crippen LogP contribution in [-0.2, 0) is 9.84 Å². The third-order valence-electron chi connectivity index (χ3n) is 2.72.